The summed E-state index contributed by atoms with van der Waals surface area (Å²) in [6, 6.07) is 4.89. The summed E-state index contributed by atoms with van der Waals surface area (Å²) >= 11 is 3.27. The van der Waals surface area contributed by atoms with Gasteiger partial charge in [-0.1, -0.05) is 22.0 Å². The van der Waals surface area contributed by atoms with E-state index in [4.69, 9.17) is 0 Å². The number of carbonyl (C=O) groups is 1. The van der Waals surface area contributed by atoms with E-state index in [0.717, 1.165) is 10.8 Å². The molecule has 3 heteroatoms. The summed E-state index contributed by atoms with van der Waals surface area (Å²) in [5.74, 6) is -0.208. The van der Waals surface area contributed by atoms with E-state index in [1.807, 2.05) is 0 Å². The highest BCUT2D eigenvalue weighted by Crippen LogP contribution is 2.21. The Bertz CT molecular complexity index is 279. The van der Waals surface area contributed by atoms with Crippen LogP contribution >= 0.6 is 15.9 Å². The van der Waals surface area contributed by atoms with Crippen LogP contribution in [0.4, 0.5) is 4.39 Å². The van der Waals surface area contributed by atoms with Gasteiger partial charge in [0.25, 0.3) is 0 Å². The lowest BCUT2D eigenvalue weighted by Crippen LogP contribution is -1.92. The van der Waals surface area contributed by atoms with Gasteiger partial charge in [-0.15, -0.1) is 0 Å². The van der Waals surface area contributed by atoms with Crippen LogP contribution in [0.2, 0.25) is 0 Å². The van der Waals surface area contributed by atoms with Crippen LogP contribution < -0.4 is 0 Å². The Morgan fingerprint density at radius 2 is 2.23 bits per heavy atom. The van der Waals surface area contributed by atoms with Crippen molar-refractivity contribution in [3.05, 3.63) is 34.1 Å². The van der Waals surface area contributed by atoms with Crippen molar-refractivity contribution in [3.8, 4) is 0 Å². The molecule has 0 unspecified atom stereocenters. The van der Waals surface area contributed by atoms with Crippen molar-refractivity contribution in [3.63, 3.8) is 0 Å². The first-order valence-corrected chi connectivity index (χ1v) is 4.91. The lowest BCUT2D eigenvalue weighted by molar-refractivity contribution is -0.107. The molecule has 0 aromatic heterocycles. The van der Waals surface area contributed by atoms with E-state index in [-0.39, 0.29) is 5.82 Å². The monoisotopic (exact) mass is 244 g/mol. The first kappa shape index (κ1) is 10.4. The van der Waals surface area contributed by atoms with Gasteiger partial charge in [-0.05, 0) is 25.0 Å². The van der Waals surface area contributed by atoms with Crippen molar-refractivity contribution in [2.24, 2.45) is 0 Å². The third kappa shape index (κ3) is 2.92. The molecule has 0 heterocycles. The molecular weight excluding hydrogens is 235 g/mol. The summed E-state index contributed by atoms with van der Waals surface area (Å²) in [7, 11) is 0. The van der Waals surface area contributed by atoms with Gasteiger partial charge in [0.05, 0.1) is 0 Å². The number of aldehydes is 1. The number of hydrogen-bond acceptors (Lipinski definition) is 1. The van der Waals surface area contributed by atoms with Crippen LogP contribution in [0, 0.1) is 5.82 Å². The zero-order valence-electron chi connectivity index (χ0n) is 7.09. The fraction of sp³-hybridized carbons (Fsp3) is 0.300. The highest BCUT2D eigenvalue weighted by atomic mass is 79.9. The van der Waals surface area contributed by atoms with E-state index < -0.39 is 0 Å². The average Bonchev–Trinajstić information content (AvgIpc) is 2.10. The Morgan fingerprint density at radius 3 is 2.85 bits per heavy atom. The van der Waals surface area contributed by atoms with Gasteiger partial charge in [0.15, 0.2) is 0 Å². The van der Waals surface area contributed by atoms with Crippen LogP contribution in [0.1, 0.15) is 18.4 Å². The molecule has 0 bridgehead atoms. The second kappa shape index (κ2) is 5.12. The smallest absolute Gasteiger partial charge is 0.127 e. The fourth-order valence-corrected chi connectivity index (χ4v) is 1.67. The lowest BCUT2D eigenvalue weighted by atomic mass is 10.1. The largest absolute Gasteiger partial charge is 0.303 e. The summed E-state index contributed by atoms with van der Waals surface area (Å²) in [6.45, 7) is 0. The second-order valence-electron chi connectivity index (χ2n) is 2.76. The van der Waals surface area contributed by atoms with Crippen molar-refractivity contribution >= 4 is 22.2 Å². The molecule has 1 aromatic rings. The van der Waals surface area contributed by atoms with Crippen LogP contribution in [-0.2, 0) is 11.2 Å². The quantitative estimate of drug-likeness (QED) is 0.588. The lowest BCUT2D eigenvalue weighted by Gasteiger charge is -2.03. The number of rotatable bonds is 4. The minimum Gasteiger partial charge on any atom is -0.303 e. The Labute approximate surface area is 85.1 Å². The van der Waals surface area contributed by atoms with Gasteiger partial charge in [0.1, 0.15) is 12.1 Å². The van der Waals surface area contributed by atoms with Crippen molar-refractivity contribution in [2.75, 3.05) is 0 Å². The predicted molar refractivity (Wildman–Crippen MR) is 53.1 cm³/mol. The minimum atomic E-state index is -0.208. The molecule has 0 radical (unpaired) electrons. The van der Waals surface area contributed by atoms with Crippen molar-refractivity contribution in [2.45, 2.75) is 19.3 Å². The standard InChI is InChI=1S/C10H10BrFO/c11-9-5-3-6-10(12)8(9)4-1-2-7-13/h3,5-7H,1-2,4H2. The van der Waals surface area contributed by atoms with Gasteiger partial charge in [-0.25, -0.2) is 4.39 Å². The van der Waals surface area contributed by atoms with Crippen LogP contribution in [0.5, 0.6) is 0 Å². The first-order valence-electron chi connectivity index (χ1n) is 4.12. The summed E-state index contributed by atoms with van der Waals surface area (Å²) in [5.41, 5.74) is 0.657. The van der Waals surface area contributed by atoms with Crippen molar-refractivity contribution in [1.82, 2.24) is 0 Å². The van der Waals surface area contributed by atoms with Gasteiger partial charge < -0.3 is 4.79 Å². The molecule has 0 fully saturated rings. The van der Waals surface area contributed by atoms with Gasteiger partial charge in [-0.2, -0.15) is 0 Å². The van der Waals surface area contributed by atoms with Crippen LogP contribution in [-0.4, -0.2) is 6.29 Å². The van der Waals surface area contributed by atoms with Gasteiger partial charge in [0.2, 0.25) is 0 Å². The third-order valence-electron chi connectivity index (χ3n) is 1.81. The molecule has 0 aliphatic carbocycles. The summed E-state index contributed by atoms with van der Waals surface area (Å²) in [6.07, 6.45) is 2.64. The summed E-state index contributed by atoms with van der Waals surface area (Å²) in [5, 5.41) is 0. The molecule has 13 heavy (non-hydrogen) atoms. The van der Waals surface area contributed by atoms with Gasteiger partial charge >= 0.3 is 0 Å². The van der Waals surface area contributed by atoms with Crippen LogP contribution in [0.25, 0.3) is 0 Å². The normalized spacial score (nSPS) is 10.0. The number of hydrogen-bond donors (Lipinski definition) is 0. The Kier molecular flexibility index (Phi) is 4.09. The zero-order valence-corrected chi connectivity index (χ0v) is 8.68. The second-order valence-corrected chi connectivity index (χ2v) is 3.61. The topological polar surface area (TPSA) is 17.1 Å². The van der Waals surface area contributed by atoms with E-state index in [0.29, 0.717) is 24.8 Å². The van der Waals surface area contributed by atoms with Crippen LogP contribution in [0.3, 0.4) is 0 Å². The van der Waals surface area contributed by atoms with Crippen LogP contribution in [0.15, 0.2) is 22.7 Å². The Hall–Kier alpha value is -0.700. The van der Waals surface area contributed by atoms with Gasteiger partial charge in [0, 0.05) is 16.5 Å². The number of benzene rings is 1. The molecule has 70 valence electrons. The molecule has 0 aliphatic heterocycles. The molecule has 1 aromatic carbocycles. The summed E-state index contributed by atoms with van der Waals surface area (Å²) < 4.78 is 13.9. The average molecular weight is 245 g/mol. The molecule has 0 amide bonds. The number of carbonyl (C=O) groups excluding carboxylic acids is 1. The SMILES string of the molecule is O=CCCCc1c(F)cccc1Br. The van der Waals surface area contributed by atoms with E-state index in [1.165, 1.54) is 6.07 Å². The van der Waals surface area contributed by atoms with E-state index >= 15 is 0 Å². The molecule has 0 aliphatic rings. The highest BCUT2D eigenvalue weighted by molar-refractivity contribution is 9.10. The Balaban J connectivity index is 2.69. The van der Waals surface area contributed by atoms with Crippen molar-refractivity contribution < 1.29 is 9.18 Å². The molecule has 1 nitrogen and oxygen atoms in total. The highest BCUT2D eigenvalue weighted by Gasteiger charge is 2.04. The van der Waals surface area contributed by atoms with Gasteiger partial charge in [-0.3, -0.25) is 0 Å². The number of halogens is 2. The molecular formula is C10H10BrFO. The predicted octanol–water partition coefficient (Wildman–Crippen LogP) is 3.11. The maximum atomic E-state index is 13.2. The maximum absolute atomic E-state index is 13.2. The fourth-order valence-electron chi connectivity index (χ4n) is 1.13. The first-order chi connectivity index (χ1) is 6.25. The molecule has 0 atom stereocenters. The minimum absolute atomic E-state index is 0.208. The van der Waals surface area contributed by atoms with E-state index in [2.05, 4.69) is 15.9 Å². The van der Waals surface area contributed by atoms with E-state index in [1.54, 1.807) is 12.1 Å². The molecule has 0 spiro atoms. The third-order valence-corrected chi connectivity index (χ3v) is 2.55. The maximum Gasteiger partial charge on any atom is 0.127 e. The Morgan fingerprint density at radius 1 is 1.46 bits per heavy atom. The molecule has 0 saturated carbocycles. The number of unbranched alkanes of at least 4 members (excludes halogenated alkanes) is 1. The molecule has 0 saturated heterocycles. The zero-order chi connectivity index (χ0) is 9.68. The molecule has 1 rings (SSSR count). The van der Waals surface area contributed by atoms with E-state index in [9.17, 15) is 9.18 Å². The molecule has 0 N–H and O–H groups in total. The summed E-state index contributed by atoms with van der Waals surface area (Å²) in [4.78, 5) is 10.1. The van der Waals surface area contributed by atoms with Crippen molar-refractivity contribution in [1.29, 1.82) is 0 Å².